The minimum atomic E-state index is -0.620. The van der Waals surface area contributed by atoms with Gasteiger partial charge in [-0.3, -0.25) is 4.79 Å². The van der Waals surface area contributed by atoms with Crippen molar-refractivity contribution < 1.29 is 9.53 Å². The number of carbonyl (C=O) groups excluding carboxylic acids is 1. The molecule has 0 spiro atoms. The van der Waals surface area contributed by atoms with E-state index in [9.17, 15) is 4.79 Å². The Morgan fingerprint density at radius 1 is 1.64 bits per heavy atom. The van der Waals surface area contributed by atoms with Crippen LogP contribution in [0, 0.1) is 0 Å². The smallest absolute Gasteiger partial charge is 0.268 e. The quantitative estimate of drug-likeness (QED) is 0.719. The number of aromatic nitrogens is 1. The highest BCUT2D eigenvalue weighted by atomic mass is 79.9. The number of carbonyl (C=O) groups is 1. The lowest BCUT2D eigenvalue weighted by atomic mass is 10.2. The monoisotopic (exact) mass is 257 g/mol. The summed E-state index contributed by atoms with van der Waals surface area (Å²) >= 11 is 3.20. The molecule has 1 aromatic rings. The standard InChI is InChI=1S/C8H8BrN3O2/c9-6-2-1-4-7(11-6)12-8(13)5(3-10)14-4/h1-2,5H,3,10H2,(H,11,12,13). The molecule has 1 aliphatic rings. The van der Waals surface area contributed by atoms with Crippen molar-refractivity contribution >= 4 is 27.7 Å². The number of fused-ring (bicyclic) bond motifs is 1. The molecule has 0 saturated heterocycles. The minimum Gasteiger partial charge on any atom is -0.475 e. The van der Waals surface area contributed by atoms with Crippen LogP contribution in [-0.2, 0) is 4.79 Å². The highest BCUT2D eigenvalue weighted by Crippen LogP contribution is 2.28. The SMILES string of the molecule is NCC1Oc2ccc(Br)nc2NC1=O. The van der Waals surface area contributed by atoms with E-state index in [0.29, 0.717) is 16.2 Å². The average molecular weight is 258 g/mol. The first-order valence-electron chi connectivity index (χ1n) is 4.05. The maximum atomic E-state index is 11.3. The molecule has 1 aliphatic heterocycles. The molecule has 0 radical (unpaired) electrons. The third kappa shape index (κ3) is 1.58. The predicted octanol–water partition coefficient (Wildman–Crippen LogP) is 0.502. The van der Waals surface area contributed by atoms with Gasteiger partial charge in [-0.05, 0) is 28.1 Å². The van der Waals surface area contributed by atoms with Gasteiger partial charge < -0.3 is 15.8 Å². The highest BCUT2D eigenvalue weighted by molar-refractivity contribution is 9.10. The van der Waals surface area contributed by atoms with E-state index in [4.69, 9.17) is 10.5 Å². The first kappa shape index (κ1) is 9.42. The lowest BCUT2D eigenvalue weighted by Gasteiger charge is -2.23. The number of pyridine rings is 1. The van der Waals surface area contributed by atoms with Crippen molar-refractivity contribution in [2.45, 2.75) is 6.10 Å². The fourth-order valence-corrected chi connectivity index (χ4v) is 1.48. The summed E-state index contributed by atoms with van der Waals surface area (Å²) in [4.78, 5) is 15.4. The molecule has 5 nitrogen and oxygen atoms in total. The zero-order valence-corrected chi connectivity index (χ0v) is 8.74. The van der Waals surface area contributed by atoms with Crippen LogP contribution in [0.4, 0.5) is 5.82 Å². The van der Waals surface area contributed by atoms with Gasteiger partial charge in [0.25, 0.3) is 5.91 Å². The molecule has 1 aromatic heterocycles. The second-order valence-electron chi connectivity index (χ2n) is 2.81. The van der Waals surface area contributed by atoms with Crippen LogP contribution in [0.15, 0.2) is 16.7 Å². The first-order chi connectivity index (χ1) is 6.70. The van der Waals surface area contributed by atoms with Crippen molar-refractivity contribution in [3.8, 4) is 5.75 Å². The summed E-state index contributed by atoms with van der Waals surface area (Å²) in [5, 5.41) is 2.62. The van der Waals surface area contributed by atoms with E-state index >= 15 is 0 Å². The van der Waals surface area contributed by atoms with Crippen molar-refractivity contribution in [3.63, 3.8) is 0 Å². The van der Waals surface area contributed by atoms with E-state index in [1.807, 2.05) is 0 Å². The molecule has 2 rings (SSSR count). The Balaban J connectivity index is 2.35. The fraction of sp³-hybridized carbons (Fsp3) is 0.250. The number of ether oxygens (including phenoxy) is 1. The Morgan fingerprint density at radius 3 is 3.14 bits per heavy atom. The minimum absolute atomic E-state index is 0.154. The third-order valence-electron chi connectivity index (χ3n) is 1.84. The molecule has 0 aliphatic carbocycles. The van der Waals surface area contributed by atoms with Gasteiger partial charge >= 0.3 is 0 Å². The zero-order chi connectivity index (χ0) is 10.1. The van der Waals surface area contributed by atoms with Gasteiger partial charge in [0, 0.05) is 6.54 Å². The molecule has 1 amide bonds. The van der Waals surface area contributed by atoms with Gasteiger partial charge in [0.2, 0.25) is 0 Å². The Kier molecular flexibility index (Phi) is 2.39. The lowest BCUT2D eigenvalue weighted by molar-refractivity contribution is -0.123. The Bertz CT molecular complexity index is 383. The molecule has 0 saturated carbocycles. The number of amides is 1. The van der Waals surface area contributed by atoms with Gasteiger partial charge in [-0.2, -0.15) is 0 Å². The molecule has 6 heteroatoms. The number of halogens is 1. The Hall–Kier alpha value is -1.14. The number of anilines is 1. The zero-order valence-electron chi connectivity index (χ0n) is 7.16. The maximum absolute atomic E-state index is 11.3. The van der Waals surface area contributed by atoms with E-state index in [0.717, 1.165) is 0 Å². The van der Waals surface area contributed by atoms with Gasteiger partial charge in [0.1, 0.15) is 4.60 Å². The van der Waals surface area contributed by atoms with Crippen LogP contribution >= 0.6 is 15.9 Å². The van der Waals surface area contributed by atoms with Gasteiger partial charge in [0.05, 0.1) is 0 Å². The molecule has 74 valence electrons. The van der Waals surface area contributed by atoms with Crippen LogP contribution in [0.1, 0.15) is 0 Å². The lowest BCUT2D eigenvalue weighted by Crippen LogP contribution is -2.42. The molecule has 3 N–H and O–H groups in total. The van der Waals surface area contributed by atoms with Crippen molar-refractivity contribution in [3.05, 3.63) is 16.7 Å². The largest absolute Gasteiger partial charge is 0.475 e. The second-order valence-corrected chi connectivity index (χ2v) is 3.62. The average Bonchev–Trinajstić information content (AvgIpc) is 2.16. The molecule has 2 heterocycles. The van der Waals surface area contributed by atoms with Crippen LogP contribution in [-0.4, -0.2) is 23.5 Å². The van der Waals surface area contributed by atoms with Gasteiger partial charge in [0.15, 0.2) is 17.7 Å². The normalized spacial score (nSPS) is 19.6. The van der Waals surface area contributed by atoms with Crippen molar-refractivity contribution in [2.24, 2.45) is 5.73 Å². The van der Waals surface area contributed by atoms with Crippen LogP contribution in [0.2, 0.25) is 0 Å². The van der Waals surface area contributed by atoms with Crippen LogP contribution in [0.25, 0.3) is 0 Å². The third-order valence-corrected chi connectivity index (χ3v) is 2.28. The number of nitrogens with one attached hydrogen (secondary N) is 1. The Morgan fingerprint density at radius 2 is 2.43 bits per heavy atom. The molecule has 1 unspecified atom stereocenters. The highest BCUT2D eigenvalue weighted by Gasteiger charge is 2.27. The summed E-state index contributed by atoms with van der Waals surface area (Å²) in [5.74, 6) is 0.711. The summed E-state index contributed by atoms with van der Waals surface area (Å²) in [6.07, 6.45) is -0.620. The van der Waals surface area contributed by atoms with Gasteiger partial charge in [-0.15, -0.1) is 0 Å². The van der Waals surface area contributed by atoms with Gasteiger partial charge in [-0.25, -0.2) is 4.98 Å². The number of hydrogen-bond acceptors (Lipinski definition) is 4. The number of nitrogens with zero attached hydrogens (tertiary/aromatic N) is 1. The van der Waals surface area contributed by atoms with E-state index in [-0.39, 0.29) is 12.5 Å². The fourth-order valence-electron chi connectivity index (χ4n) is 1.17. The summed E-state index contributed by atoms with van der Waals surface area (Å²) in [6.45, 7) is 0.154. The summed E-state index contributed by atoms with van der Waals surface area (Å²) in [7, 11) is 0. The predicted molar refractivity (Wildman–Crippen MR) is 54.0 cm³/mol. The van der Waals surface area contributed by atoms with Gasteiger partial charge in [-0.1, -0.05) is 0 Å². The van der Waals surface area contributed by atoms with E-state index in [1.54, 1.807) is 12.1 Å². The molecular weight excluding hydrogens is 250 g/mol. The Labute approximate surface area is 88.8 Å². The van der Waals surface area contributed by atoms with Crippen LogP contribution in [0.3, 0.4) is 0 Å². The molecule has 1 atom stereocenters. The van der Waals surface area contributed by atoms with Crippen molar-refractivity contribution in [2.75, 3.05) is 11.9 Å². The number of nitrogens with two attached hydrogens (primary N) is 1. The molecule has 0 aromatic carbocycles. The molecular formula is C8H8BrN3O2. The first-order valence-corrected chi connectivity index (χ1v) is 4.84. The summed E-state index contributed by atoms with van der Waals surface area (Å²) < 4.78 is 5.97. The molecule has 0 bridgehead atoms. The summed E-state index contributed by atoms with van der Waals surface area (Å²) in [5.41, 5.74) is 5.37. The number of rotatable bonds is 1. The molecule has 0 fully saturated rings. The maximum Gasteiger partial charge on any atom is 0.268 e. The van der Waals surface area contributed by atoms with Crippen molar-refractivity contribution in [1.82, 2.24) is 4.98 Å². The van der Waals surface area contributed by atoms with Crippen LogP contribution in [0.5, 0.6) is 5.75 Å². The van der Waals surface area contributed by atoms with E-state index in [1.165, 1.54) is 0 Å². The van der Waals surface area contributed by atoms with Crippen LogP contribution < -0.4 is 15.8 Å². The second kappa shape index (κ2) is 3.55. The van der Waals surface area contributed by atoms with E-state index < -0.39 is 6.10 Å². The number of hydrogen-bond donors (Lipinski definition) is 2. The topological polar surface area (TPSA) is 77.2 Å². The van der Waals surface area contributed by atoms with E-state index in [2.05, 4.69) is 26.2 Å². The molecule has 14 heavy (non-hydrogen) atoms. The van der Waals surface area contributed by atoms with Crippen molar-refractivity contribution in [1.29, 1.82) is 0 Å². The summed E-state index contributed by atoms with van der Waals surface area (Å²) in [6, 6.07) is 3.47.